The molecule has 3 heteroatoms. The Balaban J connectivity index is 1.20. The zero-order chi connectivity index (χ0) is 20.0. The Bertz CT molecular complexity index is 880. The highest BCUT2D eigenvalue weighted by molar-refractivity contribution is 5.91. The molecule has 1 amide bonds. The molecule has 0 atom stereocenters. The zero-order valence-electron chi connectivity index (χ0n) is 17.5. The molecule has 4 bridgehead atoms. The highest BCUT2D eigenvalue weighted by Gasteiger charge is 2.51. The number of aryl methyl sites for hydroxylation is 2. The van der Waals surface area contributed by atoms with Crippen molar-refractivity contribution in [1.29, 1.82) is 0 Å². The van der Waals surface area contributed by atoms with Gasteiger partial charge in [0.05, 0.1) is 0 Å². The van der Waals surface area contributed by atoms with Gasteiger partial charge in [0.25, 0.3) is 5.91 Å². The molecule has 2 aromatic carbocycles. The van der Waals surface area contributed by atoms with E-state index in [-0.39, 0.29) is 12.5 Å². The minimum Gasteiger partial charge on any atom is -0.484 e. The molecule has 0 spiro atoms. The van der Waals surface area contributed by atoms with Gasteiger partial charge >= 0.3 is 0 Å². The van der Waals surface area contributed by atoms with E-state index in [4.69, 9.17) is 4.74 Å². The molecule has 0 aromatic heterocycles. The Morgan fingerprint density at radius 3 is 2.14 bits per heavy atom. The SMILES string of the molecule is Cc1ccc(OCC(=O)Nc2ccc(C34CC5CC(CC(C5)C3)C4)cc2)cc1C. The fourth-order valence-electron chi connectivity index (χ4n) is 6.52. The summed E-state index contributed by atoms with van der Waals surface area (Å²) in [4.78, 5) is 12.3. The fourth-order valence-corrected chi connectivity index (χ4v) is 6.52. The van der Waals surface area contributed by atoms with E-state index in [0.29, 0.717) is 5.41 Å². The van der Waals surface area contributed by atoms with Crippen LogP contribution in [-0.4, -0.2) is 12.5 Å². The lowest BCUT2D eigenvalue weighted by atomic mass is 9.48. The molecule has 0 heterocycles. The third kappa shape index (κ3) is 3.68. The highest BCUT2D eigenvalue weighted by atomic mass is 16.5. The third-order valence-corrected chi connectivity index (χ3v) is 7.67. The first-order valence-electron chi connectivity index (χ1n) is 11.1. The molecule has 3 nitrogen and oxygen atoms in total. The molecule has 29 heavy (non-hydrogen) atoms. The third-order valence-electron chi connectivity index (χ3n) is 7.67. The first-order valence-corrected chi connectivity index (χ1v) is 11.1. The smallest absolute Gasteiger partial charge is 0.262 e. The van der Waals surface area contributed by atoms with Gasteiger partial charge in [-0.25, -0.2) is 0 Å². The van der Waals surface area contributed by atoms with E-state index in [0.717, 1.165) is 29.2 Å². The number of carbonyl (C=O) groups is 1. The van der Waals surface area contributed by atoms with E-state index in [9.17, 15) is 4.79 Å². The molecule has 1 N–H and O–H groups in total. The summed E-state index contributed by atoms with van der Waals surface area (Å²) in [5.74, 6) is 3.46. The molecule has 4 aliphatic carbocycles. The van der Waals surface area contributed by atoms with Crippen molar-refractivity contribution < 1.29 is 9.53 Å². The Hall–Kier alpha value is -2.29. The zero-order valence-corrected chi connectivity index (χ0v) is 17.5. The number of anilines is 1. The lowest BCUT2D eigenvalue weighted by Gasteiger charge is -2.57. The number of ether oxygens (including phenoxy) is 1. The monoisotopic (exact) mass is 389 g/mol. The van der Waals surface area contributed by atoms with Crippen LogP contribution < -0.4 is 10.1 Å². The second-order valence-electron chi connectivity index (χ2n) is 9.86. The van der Waals surface area contributed by atoms with Crippen LogP contribution in [0.4, 0.5) is 5.69 Å². The predicted molar refractivity (Wildman–Crippen MR) is 116 cm³/mol. The van der Waals surface area contributed by atoms with Gasteiger partial charge in [0.1, 0.15) is 5.75 Å². The number of carbonyl (C=O) groups excluding carboxylic acids is 1. The summed E-state index contributed by atoms with van der Waals surface area (Å²) in [6.07, 6.45) is 8.51. The second kappa shape index (κ2) is 7.19. The Morgan fingerprint density at radius 2 is 1.55 bits per heavy atom. The standard InChI is InChI=1S/C26H31NO2/c1-17-3-8-24(9-18(17)2)29-16-25(28)27-23-6-4-22(5-7-23)26-13-19-10-20(14-26)12-21(11-19)15-26/h3-9,19-21H,10-16H2,1-2H3,(H,27,28). The molecule has 0 unspecified atom stereocenters. The van der Waals surface area contributed by atoms with E-state index in [1.165, 1.54) is 55.2 Å². The Kier molecular flexibility index (Phi) is 4.64. The van der Waals surface area contributed by atoms with Crippen molar-refractivity contribution >= 4 is 11.6 Å². The molecule has 152 valence electrons. The minimum atomic E-state index is -0.120. The van der Waals surface area contributed by atoms with Crippen LogP contribution in [0.1, 0.15) is 55.2 Å². The first kappa shape index (κ1) is 18.7. The summed E-state index contributed by atoms with van der Waals surface area (Å²) in [6.45, 7) is 4.14. The lowest BCUT2D eigenvalue weighted by molar-refractivity contribution is -0.118. The van der Waals surface area contributed by atoms with E-state index >= 15 is 0 Å². The van der Waals surface area contributed by atoms with Crippen molar-refractivity contribution in [1.82, 2.24) is 0 Å². The average Bonchev–Trinajstić information content (AvgIpc) is 2.68. The van der Waals surface area contributed by atoms with Gasteiger partial charge in [-0.15, -0.1) is 0 Å². The van der Waals surface area contributed by atoms with Crippen LogP contribution in [0.25, 0.3) is 0 Å². The summed E-state index contributed by atoms with van der Waals surface area (Å²) in [7, 11) is 0. The summed E-state index contributed by atoms with van der Waals surface area (Å²) < 4.78 is 5.65. The van der Waals surface area contributed by atoms with E-state index in [1.807, 2.05) is 25.1 Å². The van der Waals surface area contributed by atoms with Crippen molar-refractivity contribution in [3.05, 3.63) is 59.2 Å². The van der Waals surface area contributed by atoms with E-state index in [2.05, 4.69) is 36.5 Å². The van der Waals surface area contributed by atoms with Crippen LogP contribution in [0, 0.1) is 31.6 Å². The van der Waals surface area contributed by atoms with Gasteiger partial charge in [0.2, 0.25) is 0 Å². The summed E-state index contributed by atoms with van der Waals surface area (Å²) in [5, 5.41) is 2.98. The van der Waals surface area contributed by atoms with Gasteiger partial charge in [-0.05, 0) is 116 Å². The van der Waals surface area contributed by atoms with Crippen molar-refractivity contribution in [2.45, 2.75) is 57.8 Å². The van der Waals surface area contributed by atoms with Crippen LogP contribution in [0.3, 0.4) is 0 Å². The fraction of sp³-hybridized carbons (Fsp3) is 0.500. The quantitative estimate of drug-likeness (QED) is 0.703. The number of hydrogen-bond acceptors (Lipinski definition) is 2. The van der Waals surface area contributed by atoms with Gasteiger partial charge in [-0.1, -0.05) is 18.2 Å². The van der Waals surface area contributed by atoms with Crippen LogP contribution >= 0.6 is 0 Å². The van der Waals surface area contributed by atoms with Crippen LogP contribution in [0.2, 0.25) is 0 Å². The van der Waals surface area contributed by atoms with Gasteiger partial charge in [0, 0.05) is 5.69 Å². The van der Waals surface area contributed by atoms with E-state index in [1.54, 1.807) is 0 Å². The van der Waals surface area contributed by atoms with Crippen LogP contribution in [-0.2, 0) is 10.2 Å². The van der Waals surface area contributed by atoms with Crippen molar-refractivity contribution in [2.24, 2.45) is 17.8 Å². The van der Waals surface area contributed by atoms with Crippen molar-refractivity contribution in [3.8, 4) is 5.75 Å². The molecule has 0 radical (unpaired) electrons. The molecular weight excluding hydrogens is 358 g/mol. The summed E-state index contributed by atoms with van der Waals surface area (Å²) in [6, 6.07) is 14.6. The lowest BCUT2D eigenvalue weighted by Crippen LogP contribution is -2.48. The van der Waals surface area contributed by atoms with Crippen LogP contribution in [0.15, 0.2) is 42.5 Å². The normalized spacial score (nSPS) is 29.7. The summed E-state index contributed by atoms with van der Waals surface area (Å²) in [5.41, 5.74) is 5.14. The predicted octanol–water partition coefficient (Wildman–Crippen LogP) is 5.79. The Morgan fingerprint density at radius 1 is 0.931 bits per heavy atom. The molecule has 6 rings (SSSR count). The number of amides is 1. The maximum Gasteiger partial charge on any atom is 0.262 e. The molecule has 4 aliphatic rings. The molecule has 4 saturated carbocycles. The number of benzene rings is 2. The average molecular weight is 390 g/mol. The number of rotatable bonds is 5. The number of hydrogen-bond donors (Lipinski definition) is 1. The van der Waals surface area contributed by atoms with Gasteiger partial charge in [0.15, 0.2) is 6.61 Å². The van der Waals surface area contributed by atoms with Crippen LogP contribution in [0.5, 0.6) is 5.75 Å². The van der Waals surface area contributed by atoms with E-state index < -0.39 is 0 Å². The van der Waals surface area contributed by atoms with Gasteiger partial charge in [-0.3, -0.25) is 4.79 Å². The molecule has 0 saturated heterocycles. The highest BCUT2D eigenvalue weighted by Crippen LogP contribution is 2.60. The maximum atomic E-state index is 12.3. The number of nitrogens with one attached hydrogen (secondary N) is 1. The first-order chi connectivity index (χ1) is 14.0. The van der Waals surface area contributed by atoms with Gasteiger partial charge in [-0.2, -0.15) is 0 Å². The van der Waals surface area contributed by atoms with Crippen molar-refractivity contribution in [3.63, 3.8) is 0 Å². The molecular formula is C26H31NO2. The summed E-state index contributed by atoms with van der Waals surface area (Å²) >= 11 is 0. The minimum absolute atomic E-state index is 0.0270. The molecule has 2 aromatic rings. The maximum absolute atomic E-state index is 12.3. The second-order valence-corrected chi connectivity index (χ2v) is 9.86. The molecule has 0 aliphatic heterocycles. The largest absolute Gasteiger partial charge is 0.484 e. The molecule has 4 fully saturated rings. The topological polar surface area (TPSA) is 38.3 Å². The Labute approximate surface area is 173 Å². The van der Waals surface area contributed by atoms with Crippen molar-refractivity contribution in [2.75, 3.05) is 11.9 Å². The van der Waals surface area contributed by atoms with Gasteiger partial charge < -0.3 is 10.1 Å².